The molecule has 10 heteroatoms. The van der Waals surface area contributed by atoms with E-state index in [9.17, 15) is 13.2 Å². The Kier molecular flexibility index (Phi) is 6.88. The van der Waals surface area contributed by atoms with Crippen LogP contribution in [0.2, 0.25) is 20.1 Å². The third kappa shape index (κ3) is 5.16. The first kappa shape index (κ1) is 20.6. The third-order valence-corrected chi connectivity index (χ3v) is 7.07. The molecule has 1 aliphatic heterocycles. The second-order valence-corrected chi connectivity index (χ2v) is 9.36. The van der Waals surface area contributed by atoms with Gasteiger partial charge in [-0.25, -0.2) is 8.42 Å². The Hall–Kier alpha value is -0.680. The predicted molar refractivity (Wildman–Crippen MR) is 103 cm³/mol. The lowest BCUT2D eigenvalue weighted by molar-refractivity contribution is -0.117. The molecule has 1 atom stereocenters. The van der Waals surface area contributed by atoms with Crippen molar-refractivity contribution in [2.24, 2.45) is 0 Å². The molecule has 0 saturated carbocycles. The smallest absolute Gasteiger partial charge is 0.238 e. The molecule has 5 nitrogen and oxygen atoms in total. The van der Waals surface area contributed by atoms with Crippen LogP contribution in [0.5, 0.6) is 0 Å². The fourth-order valence-electron chi connectivity index (χ4n) is 2.54. The zero-order valence-electron chi connectivity index (χ0n) is 12.9. The van der Waals surface area contributed by atoms with Gasteiger partial charge in [0, 0.05) is 6.04 Å². The Morgan fingerprint density at radius 2 is 1.88 bits per heavy atom. The van der Waals surface area contributed by atoms with E-state index in [0.29, 0.717) is 6.42 Å². The number of carbonyl (C=O) groups is 1. The van der Waals surface area contributed by atoms with E-state index in [0.717, 1.165) is 0 Å². The number of nitrogens with one attached hydrogen (secondary N) is 1. The van der Waals surface area contributed by atoms with Crippen LogP contribution in [-0.2, 0) is 14.6 Å². The molecule has 0 radical (unpaired) electrons. The van der Waals surface area contributed by atoms with Gasteiger partial charge in [0.05, 0.1) is 50.4 Å². The van der Waals surface area contributed by atoms with Crippen LogP contribution in [0.25, 0.3) is 0 Å². The van der Waals surface area contributed by atoms with Crippen LogP contribution in [0.1, 0.15) is 6.42 Å². The Bertz CT molecular complexity index is 810. The predicted octanol–water partition coefficient (Wildman–Crippen LogP) is 3.36. The number of halogens is 4. The number of rotatable bonds is 5. The molecular weight excluding hydrogens is 430 g/mol. The molecule has 1 aromatic carbocycles. The number of nitrogens with zero attached hydrogens (tertiary/aromatic N) is 1. The van der Waals surface area contributed by atoms with Gasteiger partial charge < -0.3 is 5.32 Å². The number of benzene rings is 1. The van der Waals surface area contributed by atoms with Crippen LogP contribution >= 0.6 is 46.4 Å². The second-order valence-electron chi connectivity index (χ2n) is 5.56. The molecule has 25 heavy (non-hydrogen) atoms. The second kappa shape index (κ2) is 8.34. The van der Waals surface area contributed by atoms with Crippen molar-refractivity contribution in [2.75, 3.05) is 29.9 Å². The van der Waals surface area contributed by atoms with Gasteiger partial charge in [0.25, 0.3) is 0 Å². The van der Waals surface area contributed by atoms with E-state index in [1.165, 1.54) is 6.07 Å². The molecule has 136 valence electrons. The summed E-state index contributed by atoms with van der Waals surface area (Å²) in [5, 5.41) is 2.99. The topological polar surface area (TPSA) is 66.5 Å². The number of terminal acetylenes is 1. The van der Waals surface area contributed by atoms with Crippen LogP contribution in [-0.4, -0.2) is 49.9 Å². The normalized spacial score (nSPS) is 19.0. The van der Waals surface area contributed by atoms with Crippen molar-refractivity contribution >= 4 is 67.8 Å². The minimum Gasteiger partial charge on any atom is -0.322 e. The number of anilines is 1. The molecule has 0 bridgehead atoms. The minimum absolute atomic E-state index is 0.0214. The van der Waals surface area contributed by atoms with Gasteiger partial charge in [0.1, 0.15) is 0 Å². The molecule has 1 unspecified atom stereocenters. The lowest BCUT2D eigenvalue weighted by Crippen LogP contribution is -2.41. The van der Waals surface area contributed by atoms with E-state index in [-0.39, 0.29) is 56.4 Å². The van der Waals surface area contributed by atoms with Crippen LogP contribution in [0, 0.1) is 12.3 Å². The number of hydrogen-bond donors (Lipinski definition) is 1. The van der Waals surface area contributed by atoms with E-state index < -0.39 is 15.7 Å². The average Bonchev–Trinajstić information content (AvgIpc) is 2.89. The summed E-state index contributed by atoms with van der Waals surface area (Å²) in [6.45, 7) is 0.0343. The number of hydrogen-bond acceptors (Lipinski definition) is 4. The summed E-state index contributed by atoms with van der Waals surface area (Å²) in [5.74, 6) is 2.05. The number of sulfone groups is 1. The molecule has 0 aromatic heterocycles. The van der Waals surface area contributed by atoms with E-state index in [4.69, 9.17) is 52.8 Å². The number of amides is 1. The Morgan fingerprint density at radius 3 is 2.36 bits per heavy atom. The maximum Gasteiger partial charge on any atom is 0.238 e. The fourth-order valence-corrected chi connectivity index (χ4v) is 5.21. The van der Waals surface area contributed by atoms with Crippen molar-refractivity contribution in [3.63, 3.8) is 0 Å². The maximum absolute atomic E-state index is 12.4. The highest BCUT2D eigenvalue weighted by Gasteiger charge is 2.33. The van der Waals surface area contributed by atoms with Crippen molar-refractivity contribution in [1.82, 2.24) is 4.90 Å². The van der Waals surface area contributed by atoms with Gasteiger partial charge in [-0.2, -0.15) is 0 Å². The van der Waals surface area contributed by atoms with Gasteiger partial charge in [0.15, 0.2) is 9.84 Å². The van der Waals surface area contributed by atoms with Gasteiger partial charge in [-0.05, 0) is 12.5 Å². The van der Waals surface area contributed by atoms with Crippen LogP contribution < -0.4 is 5.32 Å². The van der Waals surface area contributed by atoms with Crippen LogP contribution in [0.3, 0.4) is 0 Å². The van der Waals surface area contributed by atoms with Gasteiger partial charge in [-0.1, -0.05) is 52.3 Å². The molecule has 0 spiro atoms. The van der Waals surface area contributed by atoms with Gasteiger partial charge in [0.2, 0.25) is 5.91 Å². The number of carbonyl (C=O) groups excluding carboxylic acids is 1. The highest BCUT2D eigenvalue weighted by Crippen LogP contribution is 2.41. The molecule has 1 aliphatic rings. The minimum atomic E-state index is -3.10. The molecule has 2 rings (SSSR count). The van der Waals surface area contributed by atoms with Crippen LogP contribution in [0.15, 0.2) is 6.07 Å². The summed E-state index contributed by atoms with van der Waals surface area (Å²) < 4.78 is 23.3. The lowest BCUT2D eigenvalue weighted by atomic mass is 10.2. The molecule has 1 aromatic rings. The summed E-state index contributed by atoms with van der Waals surface area (Å²) in [7, 11) is -3.10. The average molecular weight is 444 g/mol. The highest BCUT2D eigenvalue weighted by molar-refractivity contribution is 7.91. The van der Waals surface area contributed by atoms with E-state index in [1.54, 1.807) is 4.90 Å². The van der Waals surface area contributed by atoms with Crippen molar-refractivity contribution < 1.29 is 13.2 Å². The van der Waals surface area contributed by atoms with E-state index >= 15 is 0 Å². The zero-order chi connectivity index (χ0) is 18.8. The summed E-state index contributed by atoms with van der Waals surface area (Å²) in [5.41, 5.74) is 0.102. The first-order valence-corrected chi connectivity index (χ1v) is 10.5. The molecule has 1 N–H and O–H groups in total. The Balaban J connectivity index is 2.14. The molecule has 1 saturated heterocycles. The molecule has 0 aliphatic carbocycles. The lowest BCUT2D eigenvalue weighted by Gasteiger charge is -2.25. The first-order chi connectivity index (χ1) is 11.6. The van der Waals surface area contributed by atoms with Crippen molar-refractivity contribution in [1.29, 1.82) is 0 Å². The van der Waals surface area contributed by atoms with E-state index in [1.807, 2.05) is 0 Å². The van der Waals surface area contributed by atoms with Crippen LogP contribution in [0.4, 0.5) is 5.69 Å². The quantitative estimate of drug-likeness (QED) is 0.559. The van der Waals surface area contributed by atoms with Gasteiger partial charge in [-0.3, -0.25) is 9.69 Å². The first-order valence-electron chi connectivity index (χ1n) is 7.15. The summed E-state index contributed by atoms with van der Waals surface area (Å²) in [6, 6.07) is 1.07. The van der Waals surface area contributed by atoms with Gasteiger partial charge in [-0.15, -0.1) is 6.42 Å². The fraction of sp³-hybridized carbons (Fsp3) is 0.400. The largest absolute Gasteiger partial charge is 0.322 e. The highest BCUT2D eigenvalue weighted by atomic mass is 35.5. The van der Waals surface area contributed by atoms with E-state index in [2.05, 4.69) is 11.2 Å². The maximum atomic E-state index is 12.4. The van der Waals surface area contributed by atoms with Crippen molar-refractivity contribution in [2.45, 2.75) is 12.5 Å². The standard InChI is InChI=1S/C15H14Cl4N2O3S/c1-2-4-21(9-3-5-25(23,24)8-9)7-12(22)20-15-13(18)10(16)6-11(17)14(15)19/h1,6,9H,3-5,7-8H2,(H,20,22). The summed E-state index contributed by atoms with van der Waals surface area (Å²) in [4.78, 5) is 14.0. The van der Waals surface area contributed by atoms with Crippen molar-refractivity contribution in [3.05, 3.63) is 26.2 Å². The molecular formula is C15H14Cl4N2O3S. The summed E-state index contributed by atoms with van der Waals surface area (Å²) >= 11 is 24.0. The van der Waals surface area contributed by atoms with Gasteiger partial charge >= 0.3 is 0 Å². The molecule has 1 heterocycles. The summed E-state index contributed by atoms with van der Waals surface area (Å²) in [6.07, 6.45) is 5.76. The Labute approximate surface area is 166 Å². The molecule has 1 fully saturated rings. The van der Waals surface area contributed by atoms with Crippen molar-refractivity contribution in [3.8, 4) is 12.3 Å². The monoisotopic (exact) mass is 442 g/mol. The molecule has 1 amide bonds. The third-order valence-electron chi connectivity index (χ3n) is 3.74. The SMILES string of the molecule is C#CCN(CC(=O)Nc1c(Cl)c(Cl)cc(Cl)c1Cl)C1CCS(=O)(=O)C1. The Morgan fingerprint density at radius 1 is 1.28 bits per heavy atom. The zero-order valence-corrected chi connectivity index (χ0v) is 16.7.